The molecule has 0 spiro atoms. The van der Waals surface area contributed by atoms with Crippen molar-refractivity contribution in [3.8, 4) is 17.2 Å². The van der Waals surface area contributed by atoms with Crippen molar-refractivity contribution in [1.82, 2.24) is 14.8 Å². The first-order chi connectivity index (χ1) is 16.0. The molecule has 9 nitrogen and oxygen atoms in total. The van der Waals surface area contributed by atoms with Crippen LogP contribution >= 0.6 is 11.8 Å². The molecule has 176 valence electrons. The lowest BCUT2D eigenvalue weighted by atomic mass is 10.1. The number of hydrogen-bond donors (Lipinski definition) is 1. The average molecular weight is 490 g/mol. The fraction of sp³-hybridized carbons (Fsp3) is 0.364. The smallest absolute Gasteiger partial charge is 0.238 e. The second-order valence-corrected chi connectivity index (χ2v) is 10.2. The van der Waals surface area contributed by atoms with Crippen LogP contribution in [0, 0.1) is 0 Å². The molecule has 1 saturated heterocycles. The molecule has 0 bridgehead atoms. The van der Waals surface area contributed by atoms with E-state index in [4.69, 9.17) is 14.6 Å². The van der Waals surface area contributed by atoms with E-state index in [0.717, 1.165) is 48.5 Å². The van der Waals surface area contributed by atoms with Crippen LogP contribution in [-0.4, -0.2) is 55.7 Å². The molecule has 2 N–H and O–H groups in total. The van der Waals surface area contributed by atoms with E-state index in [1.54, 1.807) is 19.2 Å². The number of rotatable bonds is 9. The van der Waals surface area contributed by atoms with Gasteiger partial charge in [-0.05, 0) is 55.7 Å². The lowest BCUT2D eigenvalue weighted by molar-refractivity contribution is 0.343. The van der Waals surface area contributed by atoms with E-state index in [9.17, 15) is 8.42 Å². The van der Waals surface area contributed by atoms with Gasteiger partial charge < -0.3 is 14.4 Å². The van der Waals surface area contributed by atoms with Gasteiger partial charge in [0.05, 0.1) is 24.3 Å². The summed E-state index contributed by atoms with van der Waals surface area (Å²) in [5.41, 5.74) is 0.896. The zero-order valence-electron chi connectivity index (χ0n) is 18.4. The van der Waals surface area contributed by atoms with Crippen molar-refractivity contribution in [3.63, 3.8) is 0 Å². The molecule has 1 fully saturated rings. The minimum atomic E-state index is -3.72. The number of sulfonamides is 1. The van der Waals surface area contributed by atoms with Gasteiger partial charge in [-0.15, -0.1) is 10.2 Å². The molecule has 1 aromatic heterocycles. The number of ether oxygens (including phenoxy) is 2. The minimum absolute atomic E-state index is 0.0550. The highest BCUT2D eigenvalue weighted by molar-refractivity contribution is 7.99. The van der Waals surface area contributed by atoms with Gasteiger partial charge in [0, 0.05) is 18.8 Å². The van der Waals surface area contributed by atoms with E-state index in [2.05, 4.69) is 19.7 Å². The summed E-state index contributed by atoms with van der Waals surface area (Å²) in [4.78, 5) is 2.33. The van der Waals surface area contributed by atoms with Crippen molar-refractivity contribution in [2.45, 2.75) is 29.3 Å². The second kappa shape index (κ2) is 10.4. The van der Waals surface area contributed by atoms with E-state index in [1.165, 1.54) is 30.3 Å². The molecule has 0 radical (unpaired) electrons. The third kappa shape index (κ3) is 5.60. The van der Waals surface area contributed by atoms with Gasteiger partial charge in [-0.1, -0.05) is 23.9 Å². The standard InChI is InChI=1S/C22H27N5O4S2/c1-30-20-8-4-3-7-19(20)27-21(26-13-5-2-6-14-26)24-25-22(27)32-16-15-31-17-9-11-18(12-10-17)33(23,28)29/h3-4,7-12H,2,5-6,13-16H2,1H3,(H2,23,28,29). The van der Waals surface area contributed by atoms with Crippen LogP contribution in [0.5, 0.6) is 11.5 Å². The van der Waals surface area contributed by atoms with Crippen LogP contribution in [-0.2, 0) is 10.0 Å². The second-order valence-electron chi connectivity index (χ2n) is 7.55. The van der Waals surface area contributed by atoms with Crippen molar-refractivity contribution >= 4 is 27.7 Å². The molecule has 0 aliphatic carbocycles. The quantitative estimate of drug-likeness (QED) is 0.360. The Morgan fingerprint density at radius 2 is 1.76 bits per heavy atom. The van der Waals surface area contributed by atoms with Crippen LogP contribution in [0.4, 0.5) is 5.95 Å². The molecule has 3 aromatic rings. The molecule has 0 amide bonds. The Bertz CT molecular complexity index is 1180. The first kappa shape index (κ1) is 23.4. The Morgan fingerprint density at radius 1 is 1.03 bits per heavy atom. The number of thioether (sulfide) groups is 1. The SMILES string of the molecule is COc1ccccc1-n1c(SCCOc2ccc(S(N)(=O)=O)cc2)nnc1N1CCCCC1. The highest BCUT2D eigenvalue weighted by Crippen LogP contribution is 2.32. The van der Waals surface area contributed by atoms with Gasteiger partial charge in [-0.25, -0.2) is 13.6 Å². The molecular formula is C22H27N5O4S2. The summed E-state index contributed by atoms with van der Waals surface area (Å²) in [7, 11) is -2.06. The van der Waals surface area contributed by atoms with Crippen LogP contribution in [0.2, 0.25) is 0 Å². The van der Waals surface area contributed by atoms with Crippen molar-refractivity contribution in [1.29, 1.82) is 0 Å². The Balaban J connectivity index is 1.49. The first-order valence-corrected chi connectivity index (χ1v) is 13.2. The zero-order chi connectivity index (χ0) is 23.3. The maximum Gasteiger partial charge on any atom is 0.238 e. The number of hydrogen-bond acceptors (Lipinski definition) is 8. The van der Waals surface area contributed by atoms with Crippen molar-refractivity contribution < 1.29 is 17.9 Å². The first-order valence-electron chi connectivity index (χ1n) is 10.7. The Morgan fingerprint density at radius 3 is 2.45 bits per heavy atom. The number of piperidine rings is 1. The fourth-order valence-corrected chi connectivity index (χ4v) is 4.97. The van der Waals surface area contributed by atoms with Gasteiger partial charge in [-0.3, -0.25) is 4.57 Å². The maximum absolute atomic E-state index is 11.4. The maximum atomic E-state index is 11.4. The van der Waals surface area contributed by atoms with Crippen LogP contribution < -0.4 is 19.5 Å². The van der Waals surface area contributed by atoms with Gasteiger partial charge in [-0.2, -0.15) is 0 Å². The van der Waals surface area contributed by atoms with Crippen molar-refractivity contribution in [2.75, 3.05) is 37.5 Å². The number of benzene rings is 2. The highest BCUT2D eigenvalue weighted by atomic mass is 32.2. The molecule has 0 atom stereocenters. The molecule has 33 heavy (non-hydrogen) atoms. The summed E-state index contributed by atoms with van der Waals surface area (Å²) in [6.07, 6.45) is 3.51. The van der Waals surface area contributed by atoms with Gasteiger partial charge >= 0.3 is 0 Å². The van der Waals surface area contributed by atoms with E-state index >= 15 is 0 Å². The van der Waals surface area contributed by atoms with E-state index < -0.39 is 10.0 Å². The Hall–Kier alpha value is -2.76. The van der Waals surface area contributed by atoms with Gasteiger partial charge in [0.1, 0.15) is 11.5 Å². The number of nitrogens with two attached hydrogens (primary N) is 1. The molecule has 1 aliphatic rings. The summed E-state index contributed by atoms with van der Waals surface area (Å²) in [6.45, 7) is 2.32. The molecule has 4 rings (SSSR count). The van der Waals surface area contributed by atoms with E-state index in [1.807, 2.05) is 24.3 Å². The number of primary sulfonamides is 1. The highest BCUT2D eigenvalue weighted by Gasteiger charge is 2.23. The summed E-state index contributed by atoms with van der Waals surface area (Å²) in [5.74, 6) is 2.78. The fourth-order valence-electron chi connectivity index (χ4n) is 3.70. The predicted molar refractivity (Wildman–Crippen MR) is 128 cm³/mol. The largest absolute Gasteiger partial charge is 0.495 e. The van der Waals surface area contributed by atoms with Gasteiger partial charge in [0.25, 0.3) is 0 Å². The number of para-hydroxylation sites is 2. The van der Waals surface area contributed by atoms with Gasteiger partial charge in [0.2, 0.25) is 16.0 Å². The topological polar surface area (TPSA) is 113 Å². The Labute approximate surface area is 197 Å². The number of nitrogens with zero attached hydrogens (tertiary/aromatic N) is 4. The molecule has 1 aliphatic heterocycles. The summed E-state index contributed by atoms with van der Waals surface area (Å²) in [5, 5.41) is 14.9. The molecule has 11 heteroatoms. The van der Waals surface area contributed by atoms with Crippen LogP contribution in [0.3, 0.4) is 0 Å². The molecule has 2 heterocycles. The molecule has 0 unspecified atom stereocenters. The average Bonchev–Trinajstić information content (AvgIpc) is 3.25. The third-order valence-electron chi connectivity index (χ3n) is 5.32. The third-order valence-corrected chi connectivity index (χ3v) is 7.14. The lowest BCUT2D eigenvalue weighted by Crippen LogP contribution is -2.31. The Kier molecular flexibility index (Phi) is 7.41. The monoisotopic (exact) mass is 489 g/mol. The summed E-state index contributed by atoms with van der Waals surface area (Å²) in [6, 6.07) is 13.9. The van der Waals surface area contributed by atoms with Crippen LogP contribution in [0.15, 0.2) is 58.6 Å². The predicted octanol–water partition coefficient (Wildman–Crippen LogP) is 3.08. The number of anilines is 1. The molecular weight excluding hydrogens is 462 g/mol. The van der Waals surface area contributed by atoms with Gasteiger partial charge in [0.15, 0.2) is 5.16 Å². The number of methoxy groups -OCH3 is 1. The van der Waals surface area contributed by atoms with Crippen LogP contribution in [0.1, 0.15) is 19.3 Å². The van der Waals surface area contributed by atoms with Crippen LogP contribution in [0.25, 0.3) is 5.69 Å². The summed E-state index contributed by atoms with van der Waals surface area (Å²) >= 11 is 1.54. The normalized spacial score (nSPS) is 14.3. The van der Waals surface area contributed by atoms with E-state index in [-0.39, 0.29) is 4.90 Å². The molecule has 0 saturated carbocycles. The van der Waals surface area contributed by atoms with Crippen molar-refractivity contribution in [3.05, 3.63) is 48.5 Å². The lowest BCUT2D eigenvalue weighted by Gasteiger charge is -2.28. The van der Waals surface area contributed by atoms with E-state index in [0.29, 0.717) is 18.1 Å². The zero-order valence-corrected chi connectivity index (χ0v) is 20.0. The number of aromatic nitrogens is 3. The summed E-state index contributed by atoms with van der Waals surface area (Å²) < 4.78 is 36.2. The minimum Gasteiger partial charge on any atom is -0.495 e. The van der Waals surface area contributed by atoms with Crippen molar-refractivity contribution in [2.24, 2.45) is 5.14 Å². The molecule has 2 aromatic carbocycles.